The maximum absolute atomic E-state index is 5.74. The molecule has 0 aliphatic carbocycles. The molecule has 3 fully saturated rings. The van der Waals surface area contributed by atoms with Crippen molar-refractivity contribution in [1.29, 1.82) is 0 Å². The first-order chi connectivity index (χ1) is 8.16. The second-order valence-corrected chi connectivity index (χ2v) is 4.96. The molecule has 2 bridgehead atoms. The first-order valence-corrected chi connectivity index (χ1v) is 5.72. The summed E-state index contributed by atoms with van der Waals surface area (Å²) < 4.78 is 22.4. The smallest absolute Gasteiger partial charge is 0.312 e. The van der Waals surface area contributed by atoms with Crippen LogP contribution < -0.4 is 4.74 Å². The lowest BCUT2D eigenvalue weighted by Gasteiger charge is -2.50. The molecule has 17 heavy (non-hydrogen) atoms. The highest BCUT2D eigenvalue weighted by molar-refractivity contribution is 5.29. The van der Waals surface area contributed by atoms with E-state index in [-0.39, 0.29) is 5.41 Å². The van der Waals surface area contributed by atoms with E-state index in [9.17, 15) is 0 Å². The molecule has 0 spiro atoms. The Hall–Kier alpha value is -1.10. The van der Waals surface area contributed by atoms with Crippen molar-refractivity contribution in [2.75, 3.05) is 26.9 Å². The van der Waals surface area contributed by atoms with Gasteiger partial charge < -0.3 is 18.9 Å². The Morgan fingerprint density at radius 3 is 2.00 bits per heavy atom. The molecule has 4 nitrogen and oxygen atoms in total. The van der Waals surface area contributed by atoms with Crippen molar-refractivity contribution in [2.45, 2.75) is 12.9 Å². The van der Waals surface area contributed by atoms with Crippen LogP contribution >= 0.6 is 0 Å². The minimum absolute atomic E-state index is 0.00573. The van der Waals surface area contributed by atoms with Gasteiger partial charge in [-0.25, -0.2) is 0 Å². The van der Waals surface area contributed by atoms with Crippen molar-refractivity contribution in [3.8, 4) is 5.75 Å². The van der Waals surface area contributed by atoms with Crippen LogP contribution in [0.25, 0.3) is 0 Å². The van der Waals surface area contributed by atoms with Gasteiger partial charge in [-0.2, -0.15) is 0 Å². The molecule has 0 saturated carbocycles. The van der Waals surface area contributed by atoms with E-state index in [0.29, 0.717) is 19.8 Å². The predicted octanol–water partition coefficient (Wildman–Crippen LogP) is 1.89. The highest BCUT2D eigenvalue weighted by atomic mass is 16.9. The molecule has 0 N–H and O–H groups in total. The second-order valence-electron chi connectivity index (χ2n) is 4.96. The average Bonchev–Trinajstić information content (AvgIpc) is 2.40. The molecule has 0 amide bonds. The fourth-order valence-electron chi connectivity index (χ4n) is 2.10. The summed E-state index contributed by atoms with van der Waals surface area (Å²) in [6.45, 7) is 4.10. The van der Waals surface area contributed by atoms with Gasteiger partial charge in [-0.05, 0) is 24.3 Å². The molecule has 3 saturated heterocycles. The minimum Gasteiger partial charge on any atom is -0.497 e. The number of hydrogen-bond donors (Lipinski definition) is 0. The molecule has 0 aromatic heterocycles. The Morgan fingerprint density at radius 2 is 1.53 bits per heavy atom. The fourth-order valence-corrected chi connectivity index (χ4v) is 2.10. The van der Waals surface area contributed by atoms with E-state index in [1.165, 1.54) is 0 Å². The molecule has 3 aliphatic rings. The summed E-state index contributed by atoms with van der Waals surface area (Å²) >= 11 is 0. The van der Waals surface area contributed by atoms with Crippen LogP contribution in [0.5, 0.6) is 5.75 Å². The van der Waals surface area contributed by atoms with Crippen molar-refractivity contribution in [3.63, 3.8) is 0 Å². The van der Waals surface area contributed by atoms with E-state index in [0.717, 1.165) is 11.3 Å². The number of hydrogen-bond acceptors (Lipinski definition) is 4. The second kappa shape index (κ2) is 3.70. The average molecular weight is 236 g/mol. The van der Waals surface area contributed by atoms with Crippen LogP contribution in [-0.2, 0) is 20.2 Å². The molecule has 1 aromatic carbocycles. The lowest BCUT2D eigenvalue weighted by molar-refractivity contribution is -0.477. The third-order valence-corrected chi connectivity index (χ3v) is 3.28. The van der Waals surface area contributed by atoms with E-state index >= 15 is 0 Å². The van der Waals surface area contributed by atoms with Crippen molar-refractivity contribution in [1.82, 2.24) is 0 Å². The van der Waals surface area contributed by atoms with Gasteiger partial charge in [0.05, 0.1) is 26.9 Å². The van der Waals surface area contributed by atoms with Gasteiger partial charge in [0.2, 0.25) is 0 Å². The Morgan fingerprint density at radius 1 is 1.00 bits per heavy atom. The van der Waals surface area contributed by atoms with Crippen molar-refractivity contribution in [2.24, 2.45) is 5.41 Å². The van der Waals surface area contributed by atoms with Crippen LogP contribution in [0.15, 0.2) is 24.3 Å². The molecular weight excluding hydrogens is 220 g/mol. The summed E-state index contributed by atoms with van der Waals surface area (Å²) in [5, 5.41) is 0. The Kier molecular flexibility index (Phi) is 2.40. The molecule has 4 rings (SSSR count). The van der Waals surface area contributed by atoms with Crippen LogP contribution in [-0.4, -0.2) is 26.9 Å². The summed E-state index contributed by atoms with van der Waals surface area (Å²) in [5.74, 6) is -0.203. The SMILES string of the molecule is COc1ccc(C23OCC(C)(CO2)CO3)cc1. The molecule has 92 valence electrons. The molecule has 1 aromatic rings. The van der Waals surface area contributed by atoms with Crippen molar-refractivity contribution in [3.05, 3.63) is 29.8 Å². The summed E-state index contributed by atoms with van der Waals surface area (Å²) in [6, 6.07) is 7.57. The zero-order valence-electron chi connectivity index (χ0n) is 10.1. The first kappa shape index (κ1) is 11.0. The summed E-state index contributed by atoms with van der Waals surface area (Å²) in [6.07, 6.45) is 0. The number of methoxy groups -OCH3 is 1. The van der Waals surface area contributed by atoms with Gasteiger partial charge in [-0.3, -0.25) is 0 Å². The number of ether oxygens (including phenoxy) is 4. The van der Waals surface area contributed by atoms with Crippen LogP contribution in [0.4, 0.5) is 0 Å². The van der Waals surface area contributed by atoms with Crippen LogP contribution in [0.3, 0.4) is 0 Å². The van der Waals surface area contributed by atoms with Gasteiger partial charge in [0.1, 0.15) is 5.75 Å². The lowest BCUT2D eigenvalue weighted by Crippen LogP contribution is -2.57. The molecule has 0 unspecified atom stereocenters. The third kappa shape index (κ3) is 1.73. The van der Waals surface area contributed by atoms with Crippen molar-refractivity contribution < 1.29 is 18.9 Å². The quantitative estimate of drug-likeness (QED) is 0.785. The summed E-state index contributed by atoms with van der Waals surface area (Å²) in [7, 11) is 1.64. The molecule has 0 radical (unpaired) electrons. The van der Waals surface area contributed by atoms with Gasteiger partial charge in [-0.15, -0.1) is 0 Å². The number of benzene rings is 1. The van der Waals surface area contributed by atoms with Gasteiger partial charge >= 0.3 is 5.97 Å². The monoisotopic (exact) mass is 236 g/mol. The Bertz CT molecular complexity index is 387. The van der Waals surface area contributed by atoms with Crippen LogP contribution in [0, 0.1) is 5.41 Å². The van der Waals surface area contributed by atoms with E-state index in [2.05, 4.69) is 6.92 Å². The number of fused-ring (bicyclic) bond motifs is 3. The molecule has 3 heterocycles. The molecular formula is C13H16O4. The zero-order chi connectivity index (χ0) is 11.9. The zero-order valence-corrected chi connectivity index (χ0v) is 10.1. The molecule has 3 aliphatic heterocycles. The Balaban J connectivity index is 1.88. The number of rotatable bonds is 2. The van der Waals surface area contributed by atoms with Gasteiger partial charge in [0.25, 0.3) is 0 Å². The van der Waals surface area contributed by atoms with Gasteiger partial charge in [0, 0.05) is 11.0 Å². The third-order valence-electron chi connectivity index (χ3n) is 3.28. The van der Waals surface area contributed by atoms with E-state index in [4.69, 9.17) is 18.9 Å². The normalized spacial score (nSPS) is 35.9. The standard InChI is InChI=1S/C13H16O4/c1-12-7-15-13(16-8-12,17-9-12)10-3-5-11(14-2)6-4-10/h3-6H,7-9H2,1-2H3. The first-order valence-electron chi connectivity index (χ1n) is 5.72. The maximum Gasteiger partial charge on any atom is 0.312 e. The lowest BCUT2D eigenvalue weighted by atomic mass is 9.91. The largest absolute Gasteiger partial charge is 0.497 e. The molecule has 4 heteroatoms. The minimum atomic E-state index is -1.01. The Labute approximate surface area is 100 Å². The summed E-state index contributed by atoms with van der Waals surface area (Å²) in [4.78, 5) is 0. The van der Waals surface area contributed by atoms with E-state index in [1.807, 2.05) is 24.3 Å². The fraction of sp³-hybridized carbons (Fsp3) is 0.538. The van der Waals surface area contributed by atoms with E-state index in [1.54, 1.807) is 7.11 Å². The molecule has 0 atom stereocenters. The predicted molar refractivity (Wildman–Crippen MR) is 60.6 cm³/mol. The highest BCUT2D eigenvalue weighted by Crippen LogP contribution is 2.44. The van der Waals surface area contributed by atoms with Gasteiger partial charge in [-0.1, -0.05) is 6.92 Å². The topological polar surface area (TPSA) is 36.9 Å². The van der Waals surface area contributed by atoms with E-state index < -0.39 is 5.97 Å². The van der Waals surface area contributed by atoms with Crippen molar-refractivity contribution >= 4 is 0 Å². The summed E-state index contributed by atoms with van der Waals surface area (Å²) in [5.41, 5.74) is 0.869. The highest BCUT2D eigenvalue weighted by Gasteiger charge is 2.51. The van der Waals surface area contributed by atoms with Gasteiger partial charge in [0.15, 0.2) is 0 Å². The van der Waals surface area contributed by atoms with Crippen LogP contribution in [0.2, 0.25) is 0 Å². The van der Waals surface area contributed by atoms with Crippen LogP contribution in [0.1, 0.15) is 12.5 Å². The maximum atomic E-state index is 5.74.